The third-order valence-corrected chi connectivity index (χ3v) is 7.71. The van der Waals surface area contributed by atoms with Crippen LogP contribution < -0.4 is 10.5 Å². The molecule has 5 rings (SSSR count). The van der Waals surface area contributed by atoms with Gasteiger partial charge in [-0.3, -0.25) is 19.0 Å². The van der Waals surface area contributed by atoms with Crippen molar-refractivity contribution in [2.24, 2.45) is 0 Å². The molecule has 2 fully saturated rings. The van der Waals surface area contributed by atoms with Crippen molar-refractivity contribution >= 4 is 39.4 Å². The molecule has 0 atom stereocenters. The molecule has 3 aromatic rings. The zero-order chi connectivity index (χ0) is 28.7. The van der Waals surface area contributed by atoms with Crippen LogP contribution in [0.5, 0.6) is 0 Å². The van der Waals surface area contributed by atoms with Crippen molar-refractivity contribution in [3.05, 3.63) is 57.2 Å². The Balaban J connectivity index is 0.000000224. The quantitative estimate of drug-likeness (QED) is 0.445. The Morgan fingerprint density at radius 3 is 2.31 bits per heavy atom. The number of aryl methyl sites for hydroxylation is 1. The highest BCUT2D eigenvalue weighted by atomic mass is 32.1. The van der Waals surface area contributed by atoms with Gasteiger partial charge < -0.3 is 14.7 Å². The minimum atomic E-state index is -2.87. The van der Waals surface area contributed by atoms with E-state index in [9.17, 15) is 27.6 Å². The van der Waals surface area contributed by atoms with E-state index in [-0.39, 0.29) is 25.3 Å². The number of halogens is 3. The van der Waals surface area contributed by atoms with Crippen LogP contribution in [-0.4, -0.2) is 83.8 Å². The molecule has 12 heteroatoms. The molecule has 8 nitrogen and oxygen atoms in total. The van der Waals surface area contributed by atoms with Gasteiger partial charge in [-0.25, -0.2) is 18.2 Å². The molecule has 1 aromatic carbocycles. The lowest BCUT2D eigenvalue weighted by molar-refractivity contribution is -0.132. The number of carbonyl (C=O) groups excluding carboxylic acids is 2. The predicted octanol–water partition coefficient (Wildman–Crippen LogP) is 4.05. The van der Waals surface area contributed by atoms with Gasteiger partial charge in [-0.05, 0) is 43.8 Å². The van der Waals surface area contributed by atoms with Gasteiger partial charge in [-0.15, -0.1) is 11.3 Å². The van der Waals surface area contributed by atoms with Crippen molar-refractivity contribution in [1.82, 2.24) is 19.4 Å². The fraction of sp³-hybridized carbons (Fsp3) is 0.481. The lowest BCUT2D eigenvalue weighted by Gasteiger charge is -2.34. The lowest BCUT2D eigenvalue weighted by atomic mass is 10.2. The molecule has 0 spiro atoms. The highest BCUT2D eigenvalue weighted by Crippen LogP contribution is 2.27. The van der Waals surface area contributed by atoms with Gasteiger partial charge in [0.25, 0.3) is 11.5 Å². The van der Waals surface area contributed by atoms with E-state index in [1.165, 1.54) is 18.5 Å². The zero-order valence-corrected chi connectivity index (χ0v) is 23.4. The van der Waals surface area contributed by atoms with Crippen LogP contribution in [0.2, 0.25) is 0 Å². The number of piperazine rings is 1. The van der Waals surface area contributed by atoms with Crippen molar-refractivity contribution < 1.29 is 22.8 Å². The molecule has 39 heavy (non-hydrogen) atoms. The first-order chi connectivity index (χ1) is 18.6. The number of likely N-dealkylation sites (tertiary alicyclic amines) is 1. The van der Waals surface area contributed by atoms with Crippen LogP contribution in [0.3, 0.4) is 0 Å². The average molecular weight is 566 g/mol. The summed E-state index contributed by atoms with van der Waals surface area (Å²) in [6.07, 6.45) is 1.50. The van der Waals surface area contributed by atoms with Crippen LogP contribution in [0.1, 0.15) is 35.5 Å². The molecule has 0 aliphatic carbocycles. The molecule has 212 valence electrons. The van der Waals surface area contributed by atoms with E-state index < -0.39 is 23.9 Å². The Morgan fingerprint density at radius 2 is 1.74 bits per heavy atom. The summed E-state index contributed by atoms with van der Waals surface area (Å²) in [6, 6.07) is 6.74. The molecule has 0 bridgehead atoms. The van der Waals surface area contributed by atoms with Crippen molar-refractivity contribution in [2.75, 3.05) is 51.2 Å². The molecule has 2 saturated heterocycles. The van der Waals surface area contributed by atoms with Gasteiger partial charge in [0.2, 0.25) is 5.91 Å². The number of hydrogen-bond donors (Lipinski definition) is 0. The highest BCUT2D eigenvalue weighted by Gasteiger charge is 2.40. The molecule has 0 saturated carbocycles. The maximum atomic E-state index is 13.2. The number of carbonyl (C=O) groups is 2. The van der Waals surface area contributed by atoms with Crippen LogP contribution in [0.15, 0.2) is 35.4 Å². The summed E-state index contributed by atoms with van der Waals surface area (Å²) in [5.41, 5.74) is 1.20. The summed E-state index contributed by atoms with van der Waals surface area (Å²) in [6.45, 7) is 8.87. The maximum absolute atomic E-state index is 13.2. The molecule has 2 aliphatic rings. The second-order valence-corrected chi connectivity index (χ2v) is 10.3. The molecule has 1 amide bonds. The molecular weight excluding hydrogens is 531 g/mol. The fourth-order valence-corrected chi connectivity index (χ4v) is 5.27. The minimum Gasteiger partial charge on any atom is -0.369 e. The van der Waals surface area contributed by atoms with E-state index in [0.717, 1.165) is 52.7 Å². The van der Waals surface area contributed by atoms with E-state index in [1.54, 1.807) is 6.92 Å². The largest absolute Gasteiger partial charge is 0.369 e. The molecule has 4 heterocycles. The number of amides is 1. The van der Waals surface area contributed by atoms with Crippen LogP contribution >= 0.6 is 11.3 Å². The number of anilines is 1. The Hall–Kier alpha value is -3.25. The topological polar surface area (TPSA) is 78.8 Å². The first kappa shape index (κ1) is 30.3. The first-order valence-electron chi connectivity index (χ1n) is 12.9. The van der Waals surface area contributed by atoms with E-state index in [4.69, 9.17) is 0 Å². The van der Waals surface area contributed by atoms with Crippen LogP contribution in [-0.2, 0) is 11.3 Å². The van der Waals surface area contributed by atoms with Crippen molar-refractivity contribution in [2.45, 2.75) is 39.7 Å². The van der Waals surface area contributed by atoms with Gasteiger partial charge in [0.05, 0.1) is 23.1 Å². The summed E-state index contributed by atoms with van der Waals surface area (Å²) < 4.78 is 40.1. The van der Waals surface area contributed by atoms with Gasteiger partial charge in [-0.1, -0.05) is 13.8 Å². The van der Waals surface area contributed by atoms with E-state index in [0.29, 0.717) is 26.9 Å². The van der Waals surface area contributed by atoms with Crippen molar-refractivity contribution in [3.63, 3.8) is 0 Å². The van der Waals surface area contributed by atoms with Gasteiger partial charge >= 0.3 is 0 Å². The number of benzene rings is 1. The van der Waals surface area contributed by atoms with E-state index in [1.807, 2.05) is 26.0 Å². The number of thiophene rings is 1. The van der Waals surface area contributed by atoms with Gasteiger partial charge in [0, 0.05) is 44.8 Å². The summed E-state index contributed by atoms with van der Waals surface area (Å²) in [5, 5.41) is 0.291. The van der Waals surface area contributed by atoms with Crippen LogP contribution in [0.4, 0.5) is 18.9 Å². The van der Waals surface area contributed by atoms with Gasteiger partial charge in [0.15, 0.2) is 6.29 Å². The Bertz CT molecular complexity index is 1330. The second kappa shape index (κ2) is 13.2. The molecule has 2 aliphatic heterocycles. The number of nitrogens with zero attached hydrogens (tertiary/aromatic N) is 5. The second-order valence-electron chi connectivity index (χ2n) is 9.25. The molecule has 0 N–H and O–H groups in total. The van der Waals surface area contributed by atoms with Gasteiger partial charge in [0.1, 0.15) is 17.2 Å². The standard InChI is InChI=1S/C14H13F2N3O3S.C11H15FN2.C2H6/c1-8-9(5-20)23-12-11(8)13(22)19(7-17-12)4-10(21)18-3-2-14(15,16)6-18;1-13-6-8-14(9-7-13)11-4-2-10(12)3-5-11;1-2/h5,7H,2-4,6H2,1H3;2-5H,6-9H2,1H3;1-2H3. The molecule has 0 radical (unpaired) electrons. The summed E-state index contributed by atoms with van der Waals surface area (Å²) in [4.78, 5) is 46.0. The Kier molecular flexibility index (Phi) is 10.3. The SMILES string of the molecule is CC.CN1CCN(c2ccc(F)cc2)CC1.Cc1c(C=O)sc2ncn(CC(=O)N3CCC(F)(F)C3)c(=O)c12. The smallest absolute Gasteiger partial charge is 0.267 e. The number of aromatic nitrogens is 2. The van der Waals surface area contributed by atoms with E-state index in [2.05, 4.69) is 21.8 Å². The van der Waals surface area contributed by atoms with E-state index >= 15 is 0 Å². The number of hydrogen-bond acceptors (Lipinski definition) is 7. The summed E-state index contributed by atoms with van der Waals surface area (Å²) in [7, 11) is 2.13. The van der Waals surface area contributed by atoms with Crippen molar-refractivity contribution in [1.29, 1.82) is 0 Å². The number of rotatable bonds is 4. The van der Waals surface area contributed by atoms with Gasteiger partial charge in [-0.2, -0.15) is 0 Å². The maximum Gasteiger partial charge on any atom is 0.267 e. The molecule has 2 aromatic heterocycles. The fourth-order valence-electron chi connectivity index (χ4n) is 4.31. The highest BCUT2D eigenvalue weighted by molar-refractivity contribution is 7.20. The minimum absolute atomic E-state index is 0.0248. The van der Waals surface area contributed by atoms with Crippen LogP contribution in [0.25, 0.3) is 10.2 Å². The number of aldehydes is 1. The number of fused-ring (bicyclic) bond motifs is 1. The normalized spacial score (nSPS) is 16.8. The third kappa shape index (κ3) is 7.45. The van der Waals surface area contributed by atoms with Crippen LogP contribution in [0, 0.1) is 12.7 Å². The zero-order valence-electron chi connectivity index (χ0n) is 22.6. The monoisotopic (exact) mass is 565 g/mol. The van der Waals surface area contributed by atoms with Crippen molar-refractivity contribution in [3.8, 4) is 0 Å². The Morgan fingerprint density at radius 1 is 1.10 bits per heavy atom. The third-order valence-electron chi connectivity index (χ3n) is 6.58. The summed E-state index contributed by atoms with van der Waals surface area (Å²) >= 11 is 1.10. The Labute approximate surface area is 229 Å². The summed E-state index contributed by atoms with van der Waals surface area (Å²) in [5.74, 6) is -3.58. The molecular formula is C27H34F3N5O3S. The average Bonchev–Trinajstić information content (AvgIpc) is 3.47. The lowest BCUT2D eigenvalue weighted by Crippen LogP contribution is -2.44. The number of likely N-dealkylation sites (N-methyl/N-ethyl adjacent to an activating group) is 1. The molecule has 0 unspecified atom stereocenters. The number of alkyl halides is 2. The first-order valence-corrected chi connectivity index (χ1v) is 13.7. The predicted molar refractivity (Wildman–Crippen MR) is 148 cm³/mol.